The van der Waals surface area contributed by atoms with E-state index in [1.807, 2.05) is 0 Å². The number of piperidine rings is 1. The summed E-state index contributed by atoms with van der Waals surface area (Å²) in [6.45, 7) is 14.0. The zero-order chi connectivity index (χ0) is 15.1. The van der Waals surface area contributed by atoms with Crippen LogP contribution in [0.1, 0.15) is 52.9 Å². The second kappa shape index (κ2) is 9.12. The Morgan fingerprint density at radius 1 is 1.24 bits per heavy atom. The first kappa shape index (κ1) is 17.2. The average molecular weight is 296 g/mol. The molecular formula is C18H36N2O. The molecule has 3 atom stereocenters. The molecule has 0 radical (unpaired) electrons. The molecule has 2 aliphatic heterocycles. The van der Waals surface area contributed by atoms with Gasteiger partial charge < -0.3 is 15.0 Å². The van der Waals surface area contributed by atoms with Crippen LogP contribution in [-0.4, -0.2) is 50.3 Å². The van der Waals surface area contributed by atoms with Crippen molar-refractivity contribution in [1.82, 2.24) is 10.2 Å². The Balaban J connectivity index is 1.62. The van der Waals surface area contributed by atoms with Crippen molar-refractivity contribution in [2.24, 2.45) is 17.8 Å². The van der Waals surface area contributed by atoms with Gasteiger partial charge in [0.05, 0.1) is 12.7 Å². The smallest absolute Gasteiger partial charge is 0.0702 e. The molecule has 2 rings (SSSR count). The standard InChI is InChI=1S/C18H36N2O/c1-15(2)11-17-5-4-8-20(14-17)9-6-16(3)12-18-13-19-7-10-21-18/h15-19H,4-14H2,1-3H3/t16?,17-,18?/m1/s1. The molecule has 2 aliphatic rings. The Hall–Kier alpha value is -0.120. The number of ether oxygens (including phenoxy) is 1. The summed E-state index contributed by atoms with van der Waals surface area (Å²) >= 11 is 0. The summed E-state index contributed by atoms with van der Waals surface area (Å²) in [5, 5.41) is 3.43. The molecular weight excluding hydrogens is 260 g/mol. The van der Waals surface area contributed by atoms with Gasteiger partial charge in [-0.05, 0) is 62.9 Å². The summed E-state index contributed by atoms with van der Waals surface area (Å²) < 4.78 is 5.83. The van der Waals surface area contributed by atoms with Crippen LogP contribution in [0, 0.1) is 17.8 Å². The van der Waals surface area contributed by atoms with Crippen LogP contribution in [0.15, 0.2) is 0 Å². The third kappa shape index (κ3) is 6.66. The maximum Gasteiger partial charge on any atom is 0.0702 e. The Morgan fingerprint density at radius 2 is 2.10 bits per heavy atom. The SMILES string of the molecule is CC(C)C[C@H]1CCCN(CCC(C)CC2CNCCO2)C1. The summed E-state index contributed by atoms with van der Waals surface area (Å²) in [5.74, 6) is 2.57. The van der Waals surface area contributed by atoms with Gasteiger partial charge in [-0.2, -0.15) is 0 Å². The van der Waals surface area contributed by atoms with Crippen LogP contribution in [0.25, 0.3) is 0 Å². The van der Waals surface area contributed by atoms with Crippen LogP contribution in [0.5, 0.6) is 0 Å². The van der Waals surface area contributed by atoms with E-state index in [0.29, 0.717) is 6.10 Å². The van der Waals surface area contributed by atoms with Gasteiger partial charge in [-0.3, -0.25) is 0 Å². The van der Waals surface area contributed by atoms with Crippen LogP contribution in [-0.2, 0) is 4.74 Å². The lowest BCUT2D eigenvalue weighted by Crippen LogP contribution is -2.40. The molecule has 2 fully saturated rings. The molecule has 0 spiro atoms. The van der Waals surface area contributed by atoms with Crippen molar-refractivity contribution in [3.05, 3.63) is 0 Å². The quantitative estimate of drug-likeness (QED) is 0.781. The largest absolute Gasteiger partial charge is 0.376 e. The van der Waals surface area contributed by atoms with E-state index in [9.17, 15) is 0 Å². The summed E-state index contributed by atoms with van der Waals surface area (Å²) in [5.41, 5.74) is 0. The zero-order valence-electron chi connectivity index (χ0n) is 14.4. The second-order valence-electron chi connectivity index (χ2n) is 7.76. The second-order valence-corrected chi connectivity index (χ2v) is 7.76. The van der Waals surface area contributed by atoms with E-state index < -0.39 is 0 Å². The van der Waals surface area contributed by atoms with Crippen molar-refractivity contribution in [1.29, 1.82) is 0 Å². The van der Waals surface area contributed by atoms with Crippen molar-refractivity contribution in [2.75, 3.05) is 39.3 Å². The number of hydrogen-bond acceptors (Lipinski definition) is 3. The molecule has 0 aromatic heterocycles. The van der Waals surface area contributed by atoms with Crippen LogP contribution in [0.3, 0.4) is 0 Å². The first-order chi connectivity index (χ1) is 10.1. The van der Waals surface area contributed by atoms with Gasteiger partial charge in [-0.25, -0.2) is 0 Å². The molecule has 21 heavy (non-hydrogen) atoms. The maximum atomic E-state index is 5.83. The minimum atomic E-state index is 0.448. The summed E-state index contributed by atoms with van der Waals surface area (Å²) in [7, 11) is 0. The van der Waals surface area contributed by atoms with E-state index in [1.54, 1.807) is 0 Å². The van der Waals surface area contributed by atoms with Crippen LogP contribution >= 0.6 is 0 Å². The molecule has 0 bridgehead atoms. The van der Waals surface area contributed by atoms with E-state index in [2.05, 4.69) is 31.0 Å². The summed E-state index contributed by atoms with van der Waals surface area (Å²) in [6, 6.07) is 0. The maximum absolute atomic E-state index is 5.83. The van der Waals surface area contributed by atoms with Gasteiger partial charge in [0.2, 0.25) is 0 Å². The molecule has 0 aromatic rings. The summed E-state index contributed by atoms with van der Waals surface area (Å²) in [4.78, 5) is 2.72. The highest BCUT2D eigenvalue weighted by atomic mass is 16.5. The third-order valence-corrected chi connectivity index (χ3v) is 5.02. The molecule has 2 heterocycles. The third-order valence-electron chi connectivity index (χ3n) is 5.02. The number of likely N-dealkylation sites (tertiary alicyclic amines) is 1. The van der Waals surface area contributed by atoms with Gasteiger partial charge >= 0.3 is 0 Å². The molecule has 3 heteroatoms. The molecule has 2 saturated heterocycles. The Morgan fingerprint density at radius 3 is 2.81 bits per heavy atom. The normalized spacial score (nSPS) is 29.7. The van der Waals surface area contributed by atoms with Crippen LogP contribution in [0.4, 0.5) is 0 Å². The Kier molecular flexibility index (Phi) is 7.48. The van der Waals surface area contributed by atoms with Gasteiger partial charge in [-0.15, -0.1) is 0 Å². The van der Waals surface area contributed by atoms with Crippen molar-refractivity contribution in [3.8, 4) is 0 Å². The monoisotopic (exact) mass is 296 g/mol. The molecule has 0 saturated carbocycles. The number of morpholine rings is 1. The first-order valence-electron chi connectivity index (χ1n) is 9.18. The van der Waals surface area contributed by atoms with E-state index in [1.165, 1.54) is 51.7 Å². The minimum absolute atomic E-state index is 0.448. The highest BCUT2D eigenvalue weighted by Crippen LogP contribution is 2.24. The van der Waals surface area contributed by atoms with Crippen molar-refractivity contribution in [3.63, 3.8) is 0 Å². The van der Waals surface area contributed by atoms with E-state index in [4.69, 9.17) is 4.74 Å². The van der Waals surface area contributed by atoms with Crippen molar-refractivity contribution >= 4 is 0 Å². The number of nitrogens with one attached hydrogen (secondary N) is 1. The van der Waals surface area contributed by atoms with Gasteiger partial charge in [0.1, 0.15) is 0 Å². The highest BCUT2D eigenvalue weighted by molar-refractivity contribution is 4.76. The lowest BCUT2D eigenvalue weighted by Gasteiger charge is -2.34. The number of hydrogen-bond donors (Lipinski definition) is 1. The lowest BCUT2D eigenvalue weighted by atomic mass is 9.89. The van der Waals surface area contributed by atoms with E-state index >= 15 is 0 Å². The van der Waals surface area contributed by atoms with Crippen molar-refractivity contribution in [2.45, 2.75) is 59.0 Å². The molecule has 0 amide bonds. The lowest BCUT2D eigenvalue weighted by molar-refractivity contribution is 0.0130. The van der Waals surface area contributed by atoms with Crippen molar-refractivity contribution < 1.29 is 4.74 Å². The first-order valence-corrected chi connectivity index (χ1v) is 9.18. The number of nitrogens with zero attached hydrogens (tertiary/aromatic N) is 1. The molecule has 0 aromatic carbocycles. The molecule has 0 aliphatic carbocycles. The fourth-order valence-electron chi connectivity index (χ4n) is 3.95. The van der Waals surface area contributed by atoms with E-state index in [-0.39, 0.29) is 0 Å². The minimum Gasteiger partial charge on any atom is -0.376 e. The van der Waals surface area contributed by atoms with Gasteiger partial charge in [-0.1, -0.05) is 20.8 Å². The molecule has 1 N–H and O–H groups in total. The fourth-order valence-corrected chi connectivity index (χ4v) is 3.95. The van der Waals surface area contributed by atoms with Gasteiger partial charge in [0, 0.05) is 19.6 Å². The van der Waals surface area contributed by atoms with Gasteiger partial charge in [0.15, 0.2) is 0 Å². The van der Waals surface area contributed by atoms with E-state index in [0.717, 1.165) is 37.5 Å². The van der Waals surface area contributed by atoms with Gasteiger partial charge in [0.25, 0.3) is 0 Å². The predicted octanol–water partition coefficient (Wildman–Crippen LogP) is 3.15. The molecule has 2 unspecified atom stereocenters. The average Bonchev–Trinajstić information content (AvgIpc) is 2.46. The Labute approximate surface area is 131 Å². The number of rotatable bonds is 7. The highest BCUT2D eigenvalue weighted by Gasteiger charge is 2.22. The van der Waals surface area contributed by atoms with Crippen LogP contribution < -0.4 is 5.32 Å². The Bertz CT molecular complexity index is 276. The summed E-state index contributed by atoms with van der Waals surface area (Å²) in [6.07, 6.45) is 7.26. The predicted molar refractivity (Wildman–Crippen MR) is 89.6 cm³/mol. The van der Waals surface area contributed by atoms with Crippen LogP contribution in [0.2, 0.25) is 0 Å². The fraction of sp³-hybridized carbons (Fsp3) is 1.00. The zero-order valence-corrected chi connectivity index (χ0v) is 14.4. The molecule has 124 valence electrons. The topological polar surface area (TPSA) is 24.5 Å². The molecule has 3 nitrogen and oxygen atoms in total.